The van der Waals surface area contributed by atoms with E-state index in [9.17, 15) is 34.8 Å². The minimum absolute atomic E-state index is 0.105. The smallest absolute Gasteiger partial charge is 0.255 e. The fraction of sp³-hybridized carbons (Fsp3) is 0.321. The molecule has 1 saturated carbocycles. The number of rotatable bonds is 5. The maximum Gasteiger partial charge on any atom is 0.255 e. The van der Waals surface area contributed by atoms with Crippen LogP contribution in [0.2, 0.25) is 0 Å². The van der Waals surface area contributed by atoms with Crippen LogP contribution in [0.25, 0.3) is 5.76 Å². The van der Waals surface area contributed by atoms with Crippen LogP contribution in [0.3, 0.4) is 0 Å². The number of carbonyl (C=O) groups is 3. The molecule has 0 spiro atoms. The third kappa shape index (κ3) is 3.69. The van der Waals surface area contributed by atoms with Gasteiger partial charge in [-0.1, -0.05) is 18.2 Å². The molecule has 3 atom stereocenters. The molecule has 5 rings (SSSR count). The molecule has 192 valence electrons. The van der Waals surface area contributed by atoms with Gasteiger partial charge in [-0.3, -0.25) is 14.4 Å². The van der Waals surface area contributed by atoms with Gasteiger partial charge in [-0.25, -0.2) is 0 Å². The second-order valence-corrected chi connectivity index (χ2v) is 9.86. The lowest BCUT2D eigenvalue weighted by Gasteiger charge is -2.46. The van der Waals surface area contributed by atoms with Gasteiger partial charge in [0.2, 0.25) is 5.78 Å². The quantitative estimate of drug-likeness (QED) is 0.386. The summed E-state index contributed by atoms with van der Waals surface area (Å²) in [5, 5.41) is 43.8. The molecule has 1 fully saturated rings. The molecule has 2 aromatic rings. The highest BCUT2D eigenvalue weighted by Gasteiger charge is 2.60. The number of fused-ring (bicyclic) bond motifs is 3. The molecule has 9 nitrogen and oxygen atoms in total. The Bertz CT molecular complexity index is 1420. The van der Waals surface area contributed by atoms with E-state index in [1.165, 1.54) is 6.07 Å². The van der Waals surface area contributed by atoms with Gasteiger partial charge < -0.3 is 30.9 Å². The minimum atomic E-state index is -2.56. The van der Waals surface area contributed by atoms with E-state index in [1.807, 2.05) is 24.3 Å². The summed E-state index contributed by atoms with van der Waals surface area (Å²) in [5.74, 6) is -5.56. The summed E-state index contributed by atoms with van der Waals surface area (Å²) in [6.45, 7) is 0. The highest BCUT2D eigenvalue weighted by molar-refractivity contribution is 6.22. The largest absolute Gasteiger partial charge is 0.508 e. The van der Waals surface area contributed by atoms with E-state index in [-0.39, 0.29) is 36.1 Å². The van der Waals surface area contributed by atoms with E-state index in [2.05, 4.69) is 0 Å². The lowest BCUT2D eigenvalue weighted by atomic mass is 9.59. The fourth-order valence-electron chi connectivity index (χ4n) is 6.03. The summed E-state index contributed by atoms with van der Waals surface area (Å²) in [7, 11) is 1.60. The number of methoxy groups -OCH3 is 1. The maximum absolute atomic E-state index is 13.6. The zero-order valence-electron chi connectivity index (χ0n) is 20.2. The van der Waals surface area contributed by atoms with Crippen LogP contribution in [0.1, 0.15) is 35.1 Å². The van der Waals surface area contributed by atoms with Gasteiger partial charge in [-0.2, -0.15) is 0 Å². The minimum Gasteiger partial charge on any atom is -0.508 e. The highest BCUT2D eigenvalue weighted by atomic mass is 16.5. The number of phenolic OH excluding ortho intramolecular Hbond substituents is 1. The van der Waals surface area contributed by atoms with E-state index in [4.69, 9.17) is 10.5 Å². The van der Waals surface area contributed by atoms with Crippen LogP contribution in [-0.2, 0) is 33.6 Å². The molecule has 2 aromatic carbocycles. The Kier molecular flexibility index (Phi) is 5.83. The van der Waals surface area contributed by atoms with Crippen molar-refractivity contribution in [3.63, 3.8) is 0 Å². The number of aromatic hydroxyl groups is 1. The number of ketones is 2. The van der Waals surface area contributed by atoms with Crippen molar-refractivity contribution in [2.75, 3.05) is 7.11 Å². The summed E-state index contributed by atoms with van der Waals surface area (Å²) in [6.07, 6.45) is 1.31. The molecule has 0 aliphatic heterocycles. The number of ether oxygens (including phenoxy) is 1. The number of amides is 1. The molecule has 0 heterocycles. The molecule has 0 saturated heterocycles. The zero-order valence-corrected chi connectivity index (χ0v) is 20.2. The van der Waals surface area contributed by atoms with Crippen LogP contribution in [0.5, 0.6) is 11.5 Å². The third-order valence-corrected chi connectivity index (χ3v) is 7.86. The summed E-state index contributed by atoms with van der Waals surface area (Å²) in [4.78, 5) is 37.8. The van der Waals surface area contributed by atoms with Gasteiger partial charge in [0, 0.05) is 17.9 Å². The number of aliphatic hydroxyl groups is 3. The number of nitrogens with two attached hydrogens (primary N) is 1. The van der Waals surface area contributed by atoms with Gasteiger partial charge in [0.15, 0.2) is 11.4 Å². The number of aliphatic hydroxyl groups excluding tert-OH is 2. The van der Waals surface area contributed by atoms with E-state index >= 15 is 0 Å². The van der Waals surface area contributed by atoms with Gasteiger partial charge in [0.05, 0.1) is 12.7 Å². The SMILES string of the molecule is COc1cccc(CCc2ccc(O)c3c2CC2CC4CC(=O)C(C(N)=O)=C(O)[C@@]4(O)C(=O)C2=C3O)c1. The predicted molar refractivity (Wildman–Crippen MR) is 132 cm³/mol. The molecular formula is C28H27NO8. The van der Waals surface area contributed by atoms with E-state index in [0.717, 1.165) is 16.9 Å². The number of carbonyl (C=O) groups excluding carboxylic acids is 3. The van der Waals surface area contributed by atoms with Crippen molar-refractivity contribution >= 4 is 23.2 Å². The number of phenols is 1. The molecule has 37 heavy (non-hydrogen) atoms. The topological polar surface area (TPSA) is 167 Å². The van der Waals surface area contributed by atoms with Crippen LogP contribution < -0.4 is 10.5 Å². The summed E-state index contributed by atoms with van der Waals surface area (Å²) < 4.78 is 5.29. The van der Waals surface area contributed by atoms with Gasteiger partial charge in [-0.05, 0) is 66.5 Å². The molecule has 3 aliphatic carbocycles. The summed E-state index contributed by atoms with van der Waals surface area (Å²) in [6, 6.07) is 10.9. The second-order valence-electron chi connectivity index (χ2n) is 9.86. The Morgan fingerprint density at radius 2 is 1.86 bits per heavy atom. The van der Waals surface area contributed by atoms with Gasteiger partial charge in [0.1, 0.15) is 28.6 Å². The Balaban J connectivity index is 1.56. The molecule has 2 unspecified atom stereocenters. The normalized spacial score (nSPS) is 24.9. The van der Waals surface area contributed by atoms with Crippen LogP contribution in [0.15, 0.2) is 53.3 Å². The van der Waals surface area contributed by atoms with Crippen LogP contribution in [0.4, 0.5) is 0 Å². The summed E-state index contributed by atoms with van der Waals surface area (Å²) in [5.41, 5.74) is 4.44. The first kappa shape index (κ1) is 24.6. The van der Waals surface area contributed by atoms with Crippen LogP contribution in [-0.4, -0.2) is 50.6 Å². The van der Waals surface area contributed by atoms with E-state index < -0.39 is 52.0 Å². The van der Waals surface area contributed by atoms with Crippen molar-refractivity contribution in [1.82, 2.24) is 0 Å². The van der Waals surface area contributed by atoms with Crippen LogP contribution in [0, 0.1) is 11.8 Å². The summed E-state index contributed by atoms with van der Waals surface area (Å²) >= 11 is 0. The highest BCUT2D eigenvalue weighted by Crippen LogP contribution is 2.52. The number of hydrogen-bond acceptors (Lipinski definition) is 8. The molecule has 1 amide bonds. The van der Waals surface area contributed by atoms with Gasteiger partial charge >= 0.3 is 0 Å². The number of aryl methyl sites for hydroxylation is 2. The maximum atomic E-state index is 13.6. The molecule has 0 bridgehead atoms. The van der Waals surface area contributed by atoms with Crippen molar-refractivity contribution < 1.29 is 39.5 Å². The Hall–Kier alpha value is -4.11. The Morgan fingerprint density at radius 3 is 2.57 bits per heavy atom. The first-order valence-electron chi connectivity index (χ1n) is 12.0. The second kappa shape index (κ2) is 8.77. The third-order valence-electron chi connectivity index (χ3n) is 7.86. The molecular weight excluding hydrogens is 478 g/mol. The zero-order chi connectivity index (χ0) is 26.6. The predicted octanol–water partition coefficient (Wildman–Crippen LogP) is 2.22. The van der Waals surface area contributed by atoms with Crippen molar-refractivity contribution in [3.8, 4) is 11.5 Å². The average molecular weight is 506 g/mol. The van der Waals surface area contributed by atoms with E-state index in [1.54, 1.807) is 13.2 Å². The average Bonchev–Trinajstić information content (AvgIpc) is 2.85. The fourth-order valence-corrected chi connectivity index (χ4v) is 6.03. The number of Topliss-reactive ketones (excluding diaryl/α,β-unsaturated/α-hetero) is 2. The van der Waals surface area contributed by atoms with Gasteiger partial charge in [-0.15, -0.1) is 0 Å². The molecule has 6 N–H and O–H groups in total. The molecule has 0 radical (unpaired) electrons. The number of benzene rings is 2. The number of primary amides is 1. The Morgan fingerprint density at radius 1 is 1.11 bits per heavy atom. The van der Waals surface area contributed by atoms with Gasteiger partial charge in [0.25, 0.3) is 5.91 Å². The van der Waals surface area contributed by atoms with E-state index in [0.29, 0.717) is 18.4 Å². The van der Waals surface area contributed by atoms with Crippen molar-refractivity contribution in [2.24, 2.45) is 17.6 Å². The lowest BCUT2D eigenvalue weighted by Crippen LogP contribution is -2.58. The van der Waals surface area contributed by atoms with Crippen molar-refractivity contribution in [1.29, 1.82) is 0 Å². The standard InChI is InChI=1S/C28H27NO8/c1-37-17-4-2-3-13(9-17)5-6-14-7-8-19(30)22-18(14)11-15-10-16-12-20(31)23(27(29)35)26(34)28(16,36)25(33)21(15)24(22)32/h2-4,7-9,15-16,30,32,34,36H,5-6,10-12H2,1H3,(H2,29,35)/t15?,16?,28-/m0/s1. The molecule has 3 aliphatic rings. The molecule has 9 heteroatoms. The first-order valence-corrected chi connectivity index (χ1v) is 12.0. The monoisotopic (exact) mass is 505 g/mol. The number of hydrogen-bond donors (Lipinski definition) is 5. The van der Waals surface area contributed by atoms with Crippen molar-refractivity contribution in [2.45, 2.75) is 37.7 Å². The van der Waals surface area contributed by atoms with Crippen LogP contribution >= 0.6 is 0 Å². The first-order chi connectivity index (χ1) is 17.6. The lowest BCUT2D eigenvalue weighted by molar-refractivity contribution is -0.147. The molecule has 0 aromatic heterocycles. The van der Waals surface area contributed by atoms with Crippen molar-refractivity contribution in [3.05, 3.63) is 75.6 Å². The Labute approximate surface area is 212 Å².